The largest absolute Gasteiger partial charge is 0.335 e. The number of aromatic amines is 1. The smallest absolute Gasteiger partial charge is 0.274 e. The number of hydrogen-bond donors (Lipinski definition) is 1. The zero-order valence-electron chi connectivity index (χ0n) is 13.9. The van der Waals surface area contributed by atoms with E-state index < -0.39 is 0 Å². The maximum Gasteiger partial charge on any atom is 0.274 e. The zero-order valence-corrected chi connectivity index (χ0v) is 14.7. The molecule has 0 aromatic carbocycles. The molecule has 0 atom stereocenters. The minimum absolute atomic E-state index is 0.0778. The number of hydrogen-bond acceptors (Lipinski definition) is 6. The molecule has 1 N–H and O–H groups in total. The summed E-state index contributed by atoms with van der Waals surface area (Å²) in [5.74, 6) is 0.0778. The van der Waals surface area contributed by atoms with Crippen LogP contribution in [0.2, 0.25) is 0 Å². The Kier molecular flexibility index (Phi) is 4.34. The van der Waals surface area contributed by atoms with Gasteiger partial charge < -0.3 is 9.80 Å². The van der Waals surface area contributed by atoms with Crippen LogP contribution in [0.3, 0.4) is 0 Å². The van der Waals surface area contributed by atoms with Crippen LogP contribution in [0.1, 0.15) is 26.8 Å². The Morgan fingerprint density at radius 3 is 2.88 bits per heavy atom. The van der Waals surface area contributed by atoms with E-state index in [-0.39, 0.29) is 5.91 Å². The van der Waals surface area contributed by atoms with Crippen molar-refractivity contribution >= 4 is 17.2 Å². The molecule has 4 heterocycles. The molecule has 0 aliphatic carbocycles. The van der Waals surface area contributed by atoms with Gasteiger partial charge >= 0.3 is 0 Å². The van der Waals surface area contributed by atoms with Gasteiger partial charge in [0, 0.05) is 56.4 Å². The average Bonchev–Trinajstić information content (AvgIpc) is 3.24. The standard InChI is InChI=1S/C16H22N6OS/c1-20-5-7-22(8-6-20)16(23)15-12-2-4-21(10-13(12)18-19-15)11-14-17-3-9-24-14/h3,9H,2,4-8,10-11H2,1H3,(H,18,19). The number of fused-ring (bicyclic) bond motifs is 1. The molecule has 1 amide bonds. The van der Waals surface area contributed by atoms with Crippen molar-refractivity contribution in [1.82, 2.24) is 29.9 Å². The van der Waals surface area contributed by atoms with Gasteiger partial charge in [0.05, 0.1) is 12.2 Å². The van der Waals surface area contributed by atoms with Crippen LogP contribution in [0.4, 0.5) is 0 Å². The van der Waals surface area contributed by atoms with E-state index >= 15 is 0 Å². The third kappa shape index (κ3) is 3.09. The number of carbonyl (C=O) groups is 1. The Hall–Kier alpha value is -1.77. The monoisotopic (exact) mass is 346 g/mol. The number of rotatable bonds is 3. The molecule has 0 bridgehead atoms. The lowest BCUT2D eigenvalue weighted by Gasteiger charge is -2.32. The van der Waals surface area contributed by atoms with Crippen LogP contribution >= 0.6 is 11.3 Å². The number of carbonyl (C=O) groups excluding carboxylic acids is 1. The Labute approximate surface area is 145 Å². The predicted molar refractivity (Wildman–Crippen MR) is 91.9 cm³/mol. The summed E-state index contributed by atoms with van der Waals surface area (Å²) in [6.45, 7) is 6.03. The number of nitrogens with zero attached hydrogens (tertiary/aromatic N) is 5. The summed E-state index contributed by atoms with van der Waals surface area (Å²) in [4.78, 5) is 23.7. The highest BCUT2D eigenvalue weighted by molar-refractivity contribution is 7.09. The third-order valence-corrected chi connectivity index (χ3v) is 5.61. The maximum absolute atomic E-state index is 12.8. The molecule has 1 saturated heterocycles. The summed E-state index contributed by atoms with van der Waals surface area (Å²) in [7, 11) is 2.09. The SMILES string of the molecule is CN1CCN(C(=O)c2n[nH]c3c2CCN(Cc2nccs2)C3)CC1. The van der Waals surface area contributed by atoms with E-state index in [0.717, 1.165) is 68.5 Å². The highest BCUT2D eigenvalue weighted by Gasteiger charge is 2.29. The van der Waals surface area contributed by atoms with Crippen molar-refractivity contribution < 1.29 is 4.79 Å². The maximum atomic E-state index is 12.8. The summed E-state index contributed by atoms with van der Waals surface area (Å²) in [5.41, 5.74) is 2.81. The fourth-order valence-corrected chi connectivity index (χ4v) is 4.03. The Morgan fingerprint density at radius 2 is 2.12 bits per heavy atom. The number of amides is 1. The van der Waals surface area contributed by atoms with Gasteiger partial charge in [0.2, 0.25) is 0 Å². The summed E-state index contributed by atoms with van der Waals surface area (Å²) >= 11 is 1.68. The first kappa shape index (κ1) is 15.7. The first-order chi connectivity index (χ1) is 11.7. The van der Waals surface area contributed by atoms with E-state index in [1.165, 1.54) is 0 Å². The van der Waals surface area contributed by atoms with Crippen LogP contribution in [0.15, 0.2) is 11.6 Å². The number of thiazole rings is 1. The van der Waals surface area contributed by atoms with Crippen LogP contribution in [0.5, 0.6) is 0 Å². The molecule has 4 rings (SSSR count). The number of nitrogens with one attached hydrogen (secondary N) is 1. The Balaban J connectivity index is 1.45. The molecule has 0 radical (unpaired) electrons. The van der Waals surface area contributed by atoms with Gasteiger partial charge in [-0.05, 0) is 13.5 Å². The van der Waals surface area contributed by atoms with E-state index in [2.05, 4.69) is 32.0 Å². The van der Waals surface area contributed by atoms with Gasteiger partial charge in [-0.2, -0.15) is 5.10 Å². The lowest BCUT2D eigenvalue weighted by Crippen LogP contribution is -2.47. The van der Waals surface area contributed by atoms with Crippen molar-refractivity contribution in [3.63, 3.8) is 0 Å². The van der Waals surface area contributed by atoms with E-state index in [1.807, 2.05) is 16.5 Å². The molecule has 24 heavy (non-hydrogen) atoms. The predicted octanol–water partition coefficient (Wildman–Crippen LogP) is 0.812. The van der Waals surface area contributed by atoms with Crippen molar-refractivity contribution in [2.24, 2.45) is 0 Å². The van der Waals surface area contributed by atoms with Gasteiger partial charge in [0.25, 0.3) is 5.91 Å². The summed E-state index contributed by atoms with van der Waals surface area (Å²) in [6, 6.07) is 0. The molecule has 0 spiro atoms. The molecule has 2 aliphatic rings. The van der Waals surface area contributed by atoms with Crippen molar-refractivity contribution in [3.05, 3.63) is 33.5 Å². The van der Waals surface area contributed by atoms with Gasteiger partial charge in [0.15, 0.2) is 5.69 Å². The van der Waals surface area contributed by atoms with E-state index in [9.17, 15) is 4.79 Å². The molecule has 0 saturated carbocycles. The van der Waals surface area contributed by atoms with Crippen LogP contribution in [0, 0.1) is 0 Å². The minimum Gasteiger partial charge on any atom is -0.335 e. The van der Waals surface area contributed by atoms with Crippen LogP contribution in [0.25, 0.3) is 0 Å². The van der Waals surface area contributed by atoms with Crippen LogP contribution in [-0.4, -0.2) is 75.6 Å². The average molecular weight is 346 g/mol. The number of piperazine rings is 1. The van der Waals surface area contributed by atoms with Gasteiger partial charge in [-0.25, -0.2) is 4.98 Å². The fraction of sp³-hybridized carbons (Fsp3) is 0.562. The molecule has 2 aromatic rings. The van der Waals surface area contributed by atoms with E-state index in [4.69, 9.17) is 0 Å². The first-order valence-electron chi connectivity index (χ1n) is 8.35. The minimum atomic E-state index is 0.0778. The van der Waals surface area contributed by atoms with Gasteiger partial charge in [-0.3, -0.25) is 14.8 Å². The van der Waals surface area contributed by atoms with Crippen molar-refractivity contribution in [3.8, 4) is 0 Å². The molecule has 8 heteroatoms. The molecule has 2 aromatic heterocycles. The summed E-state index contributed by atoms with van der Waals surface area (Å²) < 4.78 is 0. The highest BCUT2D eigenvalue weighted by Crippen LogP contribution is 2.23. The van der Waals surface area contributed by atoms with E-state index in [0.29, 0.717) is 5.69 Å². The fourth-order valence-electron chi connectivity index (χ4n) is 3.37. The second-order valence-corrected chi connectivity index (χ2v) is 7.49. The topological polar surface area (TPSA) is 68.4 Å². The third-order valence-electron chi connectivity index (χ3n) is 4.85. The normalized spacial score (nSPS) is 19.5. The second-order valence-electron chi connectivity index (χ2n) is 6.51. The Morgan fingerprint density at radius 1 is 1.29 bits per heavy atom. The molecule has 128 valence electrons. The van der Waals surface area contributed by atoms with Crippen LogP contribution < -0.4 is 0 Å². The van der Waals surface area contributed by atoms with Gasteiger partial charge in [-0.15, -0.1) is 11.3 Å². The number of H-pyrrole nitrogens is 1. The second kappa shape index (κ2) is 6.62. The lowest BCUT2D eigenvalue weighted by molar-refractivity contribution is 0.0656. The molecule has 1 fully saturated rings. The van der Waals surface area contributed by atoms with Crippen molar-refractivity contribution in [2.45, 2.75) is 19.5 Å². The molecule has 0 unspecified atom stereocenters. The molecular formula is C16H22N6OS. The van der Waals surface area contributed by atoms with E-state index in [1.54, 1.807) is 11.3 Å². The summed E-state index contributed by atoms with van der Waals surface area (Å²) in [5, 5.41) is 10.6. The molecule has 2 aliphatic heterocycles. The Bertz CT molecular complexity index is 704. The molecular weight excluding hydrogens is 324 g/mol. The van der Waals surface area contributed by atoms with Crippen molar-refractivity contribution in [1.29, 1.82) is 0 Å². The van der Waals surface area contributed by atoms with Gasteiger partial charge in [-0.1, -0.05) is 0 Å². The highest BCUT2D eigenvalue weighted by atomic mass is 32.1. The van der Waals surface area contributed by atoms with Gasteiger partial charge in [0.1, 0.15) is 5.01 Å². The quantitative estimate of drug-likeness (QED) is 0.891. The van der Waals surface area contributed by atoms with Crippen LogP contribution in [-0.2, 0) is 19.5 Å². The first-order valence-corrected chi connectivity index (χ1v) is 9.23. The number of likely N-dealkylation sites (N-methyl/N-ethyl adjacent to an activating group) is 1. The van der Waals surface area contributed by atoms with Crippen molar-refractivity contribution in [2.75, 3.05) is 39.8 Å². The lowest BCUT2D eigenvalue weighted by atomic mass is 10.0. The molecule has 7 nitrogen and oxygen atoms in total. The zero-order chi connectivity index (χ0) is 16.5. The number of aromatic nitrogens is 3. The summed E-state index contributed by atoms with van der Waals surface area (Å²) in [6.07, 6.45) is 2.71.